The van der Waals surface area contributed by atoms with Crippen LogP contribution < -0.4 is 4.31 Å². The summed E-state index contributed by atoms with van der Waals surface area (Å²) in [6.45, 7) is -0.243. The van der Waals surface area contributed by atoms with Gasteiger partial charge in [0.25, 0.3) is 5.91 Å². The van der Waals surface area contributed by atoms with Crippen LogP contribution in [0.15, 0.2) is 24.3 Å². The van der Waals surface area contributed by atoms with Gasteiger partial charge in [0.1, 0.15) is 6.54 Å². The molecule has 150 valence electrons. The van der Waals surface area contributed by atoms with Crippen molar-refractivity contribution in [2.75, 3.05) is 38.2 Å². The highest BCUT2D eigenvalue weighted by Crippen LogP contribution is 2.23. The molecular weight excluding hydrogens is 366 g/mol. The molecule has 0 atom stereocenters. The van der Waals surface area contributed by atoms with Gasteiger partial charge in [0, 0.05) is 32.7 Å². The van der Waals surface area contributed by atoms with Crippen LogP contribution in [0, 0.1) is 0 Å². The molecular formula is C19H29N3O4S. The highest BCUT2D eigenvalue weighted by molar-refractivity contribution is 7.92. The smallest absolute Gasteiger partial charge is 0.253 e. The second-order valence-electron chi connectivity index (χ2n) is 7.31. The Labute approximate surface area is 162 Å². The summed E-state index contributed by atoms with van der Waals surface area (Å²) in [6.07, 6.45) is 6.38. The Hall–Kier alpha value is -2.09. The fourth-order valence-corrected chi connectivity index (χ4v) is 4.18. The van der Waals surface area contributed by atoms with Crippen LogP contribution in [0.2, 0.25) is 0 Å². The SMILES string of the molecule is CN(C)C(=O)c1ccc(N(CC(=O)N(C)C2CCCCC2)S(C)(=O)=O)cc1. The van der Waals surface area contributed by atoms with E-state index in [9.17, 15) is 18.0 Å². The Morgan fingerprint density at radius 3 is 2.04 bits per heavy atom. The van der Waals surface area contributed by atoms with Crippen molar-refractivity contribution in [1.82, 2.24) is 9.80 Å². The monoisotopic (exact) mass is 395 g/mol. The molecule has 0 spiro atoms. The summed E-state index contributed by atoms with van der Waals surface area (Å²) in [4.78, 5) is 27.8. The molecule has 7 nitrogen and oxygen atoms in total. The number of carbonyl (C=O) groups is 2. The fraction of sp³-hybridized carbons (Fsp3) is 0.579. The summed E-state index contributed by atoms with van der Waals surface area (Å²) in [5.74, 6) is -0.388. The zero-order valence-electron chi connectivity index (χ0n) is 16.5. The first-order valence-electron chi connectivity index (χ1n) is 9.16. The molecule has 1 aliphatic carbocycles. The van der Waals surface area contributed by atoms with Gasteiger partial charge in [-0.3, -0.25) is 13.9 Å². The van der Waals surface area contributed by atoms with E-state index in [4.69, 9.17) is 0 Å². The number of likely N-dealkylation sites (N-methyl/N-ethyl adjacent to an activating group) is 1. The van der Waals surface area contributed by atoms with E-state index in [0.717, 1.165) is 36.2 Å². The fourth-order valence-electron chi connectivity index (χ4n) is 3.33. The maximum absolute atomic E-state index is 12.7. The molecule has 27 heavy (non-hydrogen) atoms. The lowest BCUT2D eigenvalue weighted by Crippen LogP contribution is -2.45. The molecule has 0 unspecified atom stereocenters. The number of amides is 2. The minimum Gasteiger partial charge on any atom is -0.345 e. The minimum atomic E-state index is -3.64. The van der Waals surface area contributed by atoms with Gasteiger partial charge in [-0.25, -0.2) is 8.42 Å². The van der Waals surface area contributed by atoms with Crippen molar-refractivity contribution in [3.63, 3.8) is 0 Å². The van der Waals surface area contributed by atoms with Gasteiger partial charge in [-0.05, 0) is 37.1 Å². The van der Waals surface area contributed by atoms with Crippen LogP contribution in [0.3, 0.4) is 0 Å². The Bertz CT molecular complexity index is 769. The zero-order chi connectivity index (χ0) is 20.2. The van der Waals surface area contributed by atoms with Crippen LogP contribution >= 0.6 is 0 Å². The molecule has 2 amide bonds. The largest absolute Gasteiger partial charge is 0.345 e. The number of carbonyl (C=O) groups excluding carboxylic acids is 2. The molecule has 0 heterocycles. The number of sulfonamides is 1. The maximum Gasteiger partial charge on any atom is 0.253 e. The molecule has 0 N–H and O–H groups in total. The summed E-state index contributed by atoms with van der Waals surface area (Å²) >= 11 is 0. The van der Waals surface area contributed by atoms with Gasteiger partial charge in [-0.1, -0.05) is 19.3 Å². The molecule has 0 saturated heterocycles. The third-order valence-corrected chi connectivity index (χ3v) is 6.14. The first-order valence-corrected chi connectivity index (χ1v) is 11.0. The lowest BCUT2D eigenvalue weighted by atomic mass is 9.94. The van der Waals surface area contributed by atoms with Crippen LogP contribution in [0.5, 0.6) is 0 Å². The van der Waals surface area contributed by atoms with Gasteiger partial charge in [0.15, 0.2) is 0 Å². The number of hydrogen-bond donors (Lipinski definition) is 0. The molecule has 1 fully saturated rings. The highest BCUT2D eigenvalue weighted by atomic mass is 32.2. The van der Waals surface area contributed by atoms with E-state index < -0.39 is 10.0 Å². The molecule has 8 heteroatoms. The second kappa shape index (κ2) is 8.73. The third kappa shape index (κ3) is 5.45. The van der Waals surface area contributed by atoms with E-state index in [1.165, 1.54) is 11.3 Å². The van der Waals surface area contributed by atoms with Crippen LogP contribution in [0.25, 0.3) is 0 Å². The molecule has 0 aliphatic heterocycles. The number of anilines is 1. The summed E-state index contributed by atoms with van der Waals surface area (Å²) in [6, 6.07) is 6.45. The van der Waals surface area contributed by atoms with E-state index in [2.05, 4.69) is 0 Å². The molecule has 0 aromatic heterocycles. The van der Waals surface area contributed by atoms with Gasteiger partial charge in [0.05, 0.1) is 11.9 Å². The first-order chi connectivity index (χ1) is 12.6. The summed E-state index contributed by atoms with van der Waals surface area (Å²) in [5, 5.41) is 0. The molecule has 1 aliphatic rings. The lowest BCUT2D eigenvalue weighted by Gasteiger charge is -2.33. The van der Waals surface area contributed by atoms with Gasteiger partial charge in [-0.15, -0.1) is 0 Å². The van der Waals surface area contributed by atoms with E-state index in [1.807, 2.05) is 0 Å². The Morgan fingerprint density at radius 2 is 1.56 bits per heavy atom. The van der Waals surface area contributed by atoms with Gasteiger partial charge in [-0.2, -0.15) is 0 Å². The highest BCUT2D eigenvalue weighted by Gasteiger charge is 2.27. The zero-order valence-corrected chi connectivity index (χ0v) is 17.3. The minimum absolute atomic E-state index is 0.166. The van der Waals surface area contributed by atoms with Crippen LogP contribution in [-0.4, -0.2) is 70.0 Å². The van der Waals surface area contributed by atoms with E-state index in [0.29, 0.717) is 11.3 Å². The van der Waals surface area contributed by atoms with Gasteiger partial charge >= 0.3 is 0 Å². The predicted octanol–water partition coefficient (Wildman–Crippen LogP) is 1.95. The van der Waals surface area contributed by atoms with Crippen molar-refractivity contribution in [2.24, 2.45) is 0 Å². The van der Waals surface area contributed by atoms with Crippen LogP contribution in [0.4, 0.5) is 5.69 Å². The van der Waals surface area contributed by atoms with Crippen molar-refractivity contribution in [3.05, 3.63) is 29.8 Å². The average Bonchev–Trinajstić information content (AvgIpc) is 2.64. The molecule has 0 radical (unpaired) electrons. The standard InChI is InChI=1S/C19H29N3O4S/c1-20(2)19(24)15-10-12-17(13-11-15)22(27(4,25)26)14-18(23)21(3)16-8-6-5-7-9-16/h10-13,16H,5-9,14H2,1-4H3. The Morgan fingerprint density at radius 1 is 1.00 bits per heavy atom. The quantitative estimate of drug-likeness (QED) is 0.738. The van der Waals surface area contributed by atoms with Gasteiger partial charge < -0.3 is 9.80 Å². The third-order valence-electron chi connectivity index (χ3n) is 5.00. The van der Waals surface area contributed by atoms with Crippen molar-refractivity contribution in [3.8, 4) is 0 Å². The molecule has 0 bridgehead atoms. The van der Waals surface area contributed by atoms with Crippen molar-refractivity contribution < 1.29 is 18.0 Å². The topological polar surface area (TPSA) is 78.0 Å². The van der Waals surface area contributed by atoms with Crippen molar-refractivity contribution in [2.45, 2.75) is 38.1 Å². The second-order valence-corrected chi connectivity index (χ2v) is 9.22. The summed E-state index contributed by atoms with van der Waals surface area (Å²) < 4.78 is 25.6. The van der Waals surface area contributed by atoms with Gasteiger partial charge in [0.2, 0.25) is 15.9 Å². The summed E-state index contributed by atoms with van der Waals surface area (Å²) in [7, 11) is 1.41. The Balaban J connectivity index is 2.18. The first kappa shape index (κ1) is 21.2. The predicted molar refractivity (Wildman–Crippen MR) is 106 cm³/mol. The number of nitrogens with zero attached hydrogens (tertiary/aromatic N) is 3. The molecule has 1 saturated carbocycles. The average molecular weight is 396 g/mol. The van der Waals surface area contributed by atoms with E-state index >= 15 is 0 Å². The van der Waals surface area contributed by atoms with E-state index in [-0.39, 0.29) is 24.4 Å². The number of benzene rings is 1. The van der Waals surface area contributed by atoms with Crippen LogP contribution in [-0.2, 0) is 14.8 Å². The summed E-state index contributed by atoms with van der Waals surface area (Å²) in [5.41, 5.74) is 0.834. The van der Waals surface area contributed by atoms with Crippen molar-refractivity contribution >= 4 is 27.5 Å². The number of rotatable bonds is 6. The van der Waals surface area contributed by atoms with Crippen LogP contribution in [0.1, 0.15) is 42.5 Å². The Kier molecular flexibility index (Phi) is 6.86. The molecule has 1 aromatic carbocycles. The molecule has 2 rings (SSSR count). The van der Waals surface area contributed by atoms with E-state index in [1.54, 1.807) is 50.3 Å². The number of hydrogen-bond acceptors (Lipinski definition) is 4. The normalized spacial score (nSPS) is 15.3. The molecule has 1 aromatic rings. The maximum atomic E-state index is 12.7. The lowest BCUT2D eigenvalue weighted by molar-refractivity contribution is -0.130. The van der Waals surface area contributed by atoms with Crippen molar-refractivity contribution in [1.29, 1.82) is 0 Å².